The maximum atomic E-state index is 10.4. The van der Waals surface area contributed by atoms with Gasteiger partial charge in [0.1, 0.15) is 0 Å². The van der Waals surface area contributed by atoms with Gasteiger partial charge < -0.3 is 10.3 Å². The van der Waals surface area contributed by atoms with E-state index in [9.17, 15) is 4.79 Å². The molecule has 0 atom stereocenters. The molecule has 1 aromatic heterocycles. The van der Waals surface area contributed by atoms with Gasteiger partial charge in [-0.1, -0.05) is 5.16 Å². The Hall–Kier alpha value is -1.43. The van der Waals surface area contributed by atoms with Crippen molar-refractivity contribution in [2.24, 2.45) is 5.16 Å². The summed E-state index contributed by atoms with van der Waals surface area (Å²) in [6, 6.07) is 0. The Morgan fingerprint density at radius 2 is 2.55 bits per heavy atom. The standard InChI is InChI=1S/C5H4N2O3S/c8-5(9)4-3(1-7-10)11-2-6-4/h1-2,10H,(H,8,9)/b7-1+. The van der Waals surface area contributed by atoms with Crippen molar-refractivity contribution < 1.29 is 15.1 Å². The van der Waals surface area contributed by atoms with Gasteiger partial charge in [-0.3, -0.25) is 0 Å². The zero-order valence-corrected chi connectivity index (χ0v) is 6.08. The average molecular weight is 172 g/mol. The van der Waals surface area contributed by atoms with E-state index in [0.29, 0.717) is 4.88 Å². The Labute approximate surface area is 65.6 Å². The van der Waals surface area contributed by atoms with Gasteiger partial charge in [0.05, 0.1) is 16.6 Å². The van der Waals surface area contributed by atoms with E-state index in [-0.39, 0.29) is 5.69 Å². The van der Waals surface area contributed by atoms with E-state index in [1.807, 2.05) is 0 Å². The Kier molecular flexibility index (Phi) is 2.17. The second kappa shape index (κ2) is 3.11. The Balaban J connectivity index is 3.05. The average Bonchev–Trinajstić information content (AvgIpc) is 2.36. The topological polar surface area (TPSA) is 82.8 Å². The van der Waals surface area contributed by atoms with E-state index in [4.69, 9.17) is 10.3 Å². The van der Waals surface area contributed by atoms with E-state index < -0.39 is 5.97 Å². The van der Waals surface area contributed by atoms with Crippen LogP contribution in [0, 0.1) is 0 Å². The number of nitrogens with zero attached hydrogens (tertiary/aromatic N) is 2. The second-order valence-electron chi connectivity index (χ2n) is 1.61. The van der Waals surface area contributed by atoms with Crippen molar-refractivity contribution in [3.05, 3.63) is 16.1 Å². The largest absolute Gasteiger partial charge is 0.476 e. The van der Waals surface area contributed by atoms with Gasteiger partial charge in [0, 0.05) is 0 Å². The highest BCUT2D eigenvalue weighted by atomic mass is 32.1. The number of carboxylic acid groups (broad SMARTS) is 1. The lowest BCUT2D eigenvalue weighted by molar-refractivity contribution is 0.0691. The summed E-state index contributed by atoms with van der Waals surface area (Å²) < 4.78 is 0. The van der Waals surface area contributed by atoms with Gasteiger partial charge in [-0.05, 0) is 0 Å². The van der Waals surface area contributed by atoms with E-state index in [2.05, 4.69) is 10.1 Å². The molecule has 0 aromatic carbocycles. The smallest absolute Gasteiger partial charge is 0.356 e. The predicted molar refractivity (Wildman–Crippen MR) is 38.5 cm³/mol. The van der Waals surface area contributed by atoms with Crippen molar-refractivity contribution in [2.45, 2.75) is 0 Å². The van der Waals surface area contributed by atoms with E-state index in [0.717, 1.165) is 17.6 Å². The van der Waals surface area contributed by atoms with Crippen LogP contribution in [0.25, 0.3) is 0 Å². The summed E-state index contributed by atoms with van der Waals surface area (Å²) in [5, 5.41) is 19.3. The van der Waals surface area contributed by atoms with Crippen molar-refractivity contribution in [2.75, 3.05) is 0 Å². The molecule has 0 unspecified atom stereocenters. The molecular formula is C5H4N2O3S. The summed E-state index contributed by atoms with van der Waals surface area (Å²) in [5.41, 5.74) is 1.29. The first-order valence-electron chi connectivity index (χ1n) is 2.60. The highest BCUT2D eigenvalue weighted by Crippen LogP contribution is 2.09. The summed E-state index contributed by atoms with van der Waals surface area (Å²) in [6.45, 7) is 0. The summed E-state index contributed by atoms with van der Waals surface area (Å²) in [6.07, 6.45) is 1.04. The van der Waals surface area contributed by atoms with Crippen molar-refractivity contribution in [1.29, 1.82) is 0 Å². The number of hydrogen-bond acceptors (Lipinski definition) is 5. The van der Waals surface area contributed by atoms with Crippen LogP contribution in [0.4, 0.5) is 0 Å². The minimum Gasteiger partial charge on any atom is -0.476 e. The van der Waals surface area contributed by atoms with Gasteiger partial charge in [-0.2, -0.15) is 0 Å². The lowest BCUT2D eigenvalue weighted by Gasteiger charge is -1.86. The minimum absolute atomic E-state index is 0.0900. The van der Waals surface area contributed by atoms with Crippen LogP contribution in [-0.4, -0.2) is 27.5 Å². The number of aromatic carboxylic acids is 1. The molecule has 5 nitrogen and oxygen atoms in total. The van der Waals surface area contributed by atoms with Gasteiger partial charge in [0.2, 0.25) is 0 Å². The molecule has 0 aliphatic heterocycles. The molecule has 0 saturated heterocycles. The normalized spacial score (nSPS) is 10.5. The van der Waals surface area contributed by atoms with Crippen LogP contribution >= 0.6 is 11.3 Å². The third kappa shape index (κ3) is 1.53. The molecule has 11 heavy (non-hydrogen) atoms. The van der Waals surface area contributed by atoms with E-state index in [1.54, 1.807) is 0 Å². The number of carboxylic acids is 1. The third-order valence-electron chi connectivity index (χ3n) is 0.972. The number of rotatable bonds is 2. The maximum absolute atomic E-state index is 10.4. The van der Waals surface area contributed by atoms with Crippen LogP contribution in [0.2, 0.25) is 0 Å². The monoisotopic (exact) mass is 172 g/mol. The summed E-state index contributed by atoms with van der Waals surface area (Å²) in [4.78, 5) is 14.2. The third-order valence-corrected chi connectivity index (χ3v) is 1.74. The molecule has 0 fully saturated rings. The van der Waals surface area contributed by atoms with Gasteiger partial charge in [-0.15, -0.1) is 11.3 Å². The van der Waals surface area contributed by atoms with Crippen LogP contribution < -0.4 is 0 Å². The second-order valence-corrected chi connectivity index (χ2v) is 2.50. The van der Waals surface area contributed by atoms with Crippen molar-refractivity contribution >= 4 is 23.5 Å². The lowest BCUT2D eigenvalue weighted by atomic mass is 10.4. The molecule has 0 amide bonds. The van der Waals surface area contributed by atoms with Crippen LogP contribution in [0.1, 0.15) is 15.4 Å². The number of thiazole rings is 1. The van der Waals surface area contributed by atoms with Gasteiger partial charge in [0.15, 0.2) is 5.69 Å². The molecule has 0 aliphatic rings. The van der Waals surface area contributed by atoms with Crippen LogP contribution in [0.5, 0.6) is 0 Å². The van der Waals surface area contributed by atoms with Crippen LogP contribution in [0.3, 0.4) is 0 Å². The zero-order valence-electron chi connectivity index (χ0n) is 5.26. The highest BCUT2D eigenvalue weighted by molar-refractivity contribution is 7.11. The molecule has 0 saturated carbocycles. The molecule has 6 heteroatoms. The first-order valence-corrected chi connectivity index (χ1v) is 3.48. The Morgan fingerprint density at radius 3 is 3.09 bits per heavy atom. The summed E-state index contributed by atoms with van der Waals surface area (Å²) in [5.74, 6) is -1.12. The SMILES string of the molecule is O=C(O)c1ncsc1/C=N/O. The van der Waals surface area contributed by atoms with Crippen molar-refractivity contribution in [3.8, 4) is 0 Å². The molecule has 58 valence electrons. The van der Waals surface area contributed by atoms with E-state index >= 15 is 0 Å². The maximum Gasteiger partial charge on any atom is 0.356 e. The molecule has 0 aliphatic carbocycles. The quantitative estimate of drug-likeness (QED) is 0.389. The first-order chi connectivity index (χ1) is 5.25. The summed E-state index contributed by atoms with van der Waals surface area (Å²) in [7, 11) is 0. The molecule has 2 N–H and O–H groups in total. The van der Waals surface area contributed by atoms with Gasteiger partial charge in [0.25, 0.3) is 0 Å². The Morgan fingerprint density at radius 1 is 1.82 bits per heavy atom. The summed E-state index contributed by atoms with van der Waals surface area (Å²) >= 11 is 1.10. The lowest BCUT2D eigenvalue weighted by Crippen LogP contribution is -1.99. The minimum atomic E-state index is -1.12. The van der Waals surface area contributed by atoms with Crippen LogP contribution in [-0.2, 0) is 0 Å². The van der Waals surface area contributed by atoms with Gasteiger partial charge in [-0.25, -0.2) is 9.78 Å². The number of hydrogen-bond donors (Lipinski definition) is 2. The zero-order chi connectivity index (χ0) is 8.27. The first kappa shape index (κ1) is 7.67. The number of oxime groups is 1. The predicted octanol–water partition coefficient (Wildman–Crippen LogP) is 0.649. The van der Waals surface area contributed by atoms with Crippen LogP contribution in [0.15, 0.2) is 10.7 Å². The fourth-order valence-corrected chi connectivity index (χ4v) is 1.19. The highest BCUT2D eigenvalue weighted by Gasteiger charge is 2.10. The van der Waals surface area contributed by atoms with Gasteiger partial charge >= 0.3 is 5.97 Å². The Bertz CT molecular complexity index is 294. The molecule has 1 heterocycles. The van der Waals surface area contributed by atoms with Crippen molar-refractivity contribution in [1.82, 2.24) is 4.98 Å². The molecule has 0 bridgehead atoms. The fraction of sp³-hybridized carbons (Fsp3) is 0. The molecule has 1 aromatic rings. The molecule has 0 radical (unpaired) electrons. The molecule has 0 spiro atoms. The fourth-order valence-electron chi connectivity index (χ4n) is 0.560. The van der Waals surface area contributed by atoms with Crippen molar-refractivity contribution in [3.63, 3.8) is 0 Å². The molecule has 1 rings (SSSR count). The van der Waals surface area contributed by atoms with E-state index in [1.165, 1.54) is 5.51 Å². The number of aromatic nitrogens is 1. The number of carbonyl (C=O) groups is 1. The molecular weight excluding hydrogens is 168 g/mol.